The lowest BCUT2D eigenvalue weighted by molar-refractivity contribution is -0.139. The Kier molecular flexibility index (Phi) is 7.80. The molecule has 0 atom stereocenters. The predicted octanol–water partition coefficient (Wildman–Crippen LogP) is 2.22. The van der Waals surface area contributed by atoms with Gasteiger partial charge in [0, 0.05) is 17.7 Å². The lowest BCUT2D eigenvalue weighted by atomic mass is 10.1. The van der Waals surface area contributed by atoms with Gasteiger partial charge in [-0.3, -0.25) is 4.79 Å². The van der Waals surface area contributed by atoms with Crippen molar-refractivity contribution in [3.05, 3.63) is 35.4 Å². The van der Waals surface area contributed by atoms with E-state index >= 15 is 0 Å². The van der Waals surface area contributed by atoms with Gasteiger partial charge in [-0.2, -0.15) is 0 Å². The van der Waals surface area contributed by atoms with E-state index in [0.29, 0.717) is 18.8 Å². The number of benzene rings is 1. The number of aliphatic hydroxyl groups excluding tert-OH is 1. The summed E-state index contributed by atoms with van der Waals surface area (Å²) in [6, 6.07) is 7.84. The van der Waals surface area contributed by atoms with E-state index in [9.17, 15) is 4.79 Å². The average molecular weight is 278 g/mol. The Balaban J connectivity index is 2.54. The quantitative estimate of drug-likeness (QED) is 0.640. The number of hydrogen-bond acceptors (Lipinski definition) is 4. The molecule has 0 amide bonds. The molecule has 3 nitrogen and oxygen atoms in total. The van der Waals surface area contributed by atoms with Gasteiger partial charge < -0.3 is 9.84 Å². The summed E-state index contributed by atoms with van der Waals surface area (Å²) in [5, 5.41) is 8.71. The Bertz CT molecular complexity index is 460. The molecule has 0 heterocycles. The lowest BCUT2D eigenvalue weighted by Gasteiger charge is -2.04. The Morgan fingerprint density at radius 1 is 1.42 bits per heavy atom. The van der Waals surface area contributed by atoms with E-state index in [0.717, 1.165) is 16.9 Å². The van der Waals surface area contributed by atoms with Gasteiger partial charge in [-0.15, -0.1) is 11.8 Å². The van der Waals surface area contributed by atoms with Gasteiger partial charge in [0.2, 0.25) is 0 Å². The molecule has 0 unspecified atom stereocenters. The van der Waals surface area contributed by atoms with E-state index in [1.165, 1.54) is 11.8 Å². The maximum Gasteiger partial charge on any atom is 0.315 e. The first-order chi connectivity index (χ1) is 9.27. The molecule has 0 aliphatic rings. The van der Waals surface area contributed by atoms with Crippen LogP contribution in [0.15, 0.2) is 24.3 Å². The number of carbonyl (C=O) groups is 1. The van der Waals surface area contributed by atoms with Crippen LogP contribution in [-0.2, 0) is 15.3 Å². The standard InChI is InChI=1S/C15H18O3S/c1-2-18-15(17)12-19-11-14-9-4-3-7-13(14)8-5-6-10-16/h3-4,7,9,16H,2,6,10-12H2,1H3. The first-order valence-corrected chi connectivity index (χ1v) is 7.34. The van der Waals surface area contributed by atoms with Crippen LogP contribution in [0.1, 0.15) is 24.5 Å². The zero-order valence-electron chi connectivity index (χ0n) is 11.0. The van der Waals surface area contributed by atoms with Gasteiger partial charge in [0.05, 0.1) is 19.0 Å². The summed E-state index contributed by atoms with van der Waals surface area (Å²) in [6.07, 6.45) is 0.476. The van der Waals surface area contributed by atoms with Gasteiger partial charge in [0.25, 0.3) is 0 Å². The predicted molar refractivity (Wildman–Crippen MR) is 77.8 cm³/mol. The van der Waals surface area contributed by atoms with Crippen LogP contribution in [-0.4, -0.2) is 30.0 Å². The number of thioether (sulfide) groups is 1. The van der Waals surface area contributed by atoms with Crippen LogP contribution < -0.4 is 0 Å². The summed E-state index contributed by atoms with van der Waals surface area (Å²) in [5.41, 5.74) is 2.05. The summed E-state index contributed by atoms with van der Waals surface area (Å²) in [5.74, 6) is 6.84. The van der Waals surface area contributed by atoms with Crippen LogP contribution in [0.4, 0.5) is 0 Å². The summed E-state index contributed by atoms with van der Waals surface area (Å²) in [7, 11) is 0. The highest BCUT2D eigenvalue weighted by atomic mass is 32.2. The molecule has 0 saturated heterocycles. The monoisotopic (exact) mass is 278 g/mol. The fourth-order valence-corrected chi connectivity index (χ4v) is 2.25. The Morgan fingerprint density at radius 3 is 2.95 bits per heavy atom. The maximum atomic E-state index is 11.2. The molecule has 1 aromatic rings. The summed E-state index contributed by atoms with van der Waals surface area (Å²) < 4.78 is 4.87. The number of carbonyl (C=O) groups excluding carboxylic acids is 1. The van der Waals surface area contributed by atoms with Crippen LogP contribution in [0, 0.1) is 11.8 Å². The molecule has 4 heteroatoms. The fraction of sp³-hybridized carbons (Fsp3) is 0.400. The summed E-state index contributed by atoms with van der Waals surface area (Å²) in [6.45, 7) is 2.30. The van der Waals surface area contributed by atoms with E-state index < -0.39 is 0 Å². The molecule has 0 aromatic heterocycles. The van der Waals surface area contributed by atoms with Gasteiger partial charge in [0.15, 0.2) is 0 Å². The zero-order valence-corrected chi connectivity index (χ0v) is 11.8. The second kappa shape index (κ2) is 9.48. The molecule has 1 aromatic carbocycles. The van der Waals surface area contributed by atoms with Crippen molar-refractivity contribution in [2.24, 2.45) is 0 Å². The first-order valence-electron chi connectivity index (χ1n) is 6.19. The number of esters is 1. The minimum absolute atomic E-state index is 0.0762. The number of hydrogen-bond donors (Lipinski definition) is 1. The van der Waals surface area contributed by atoms with Crippen molar-refractivity contribution in [2.45, 2.75) is 19.1 Å². The SMILES string of the molecule is CCOC(=O)CSCc1ccccc1C#CCCO. The van der Waals surface area contributed by atoms with Crippen molar-refractivity contribution in [3.63, 3.8) is 0 Å². The van der Waals surface area contributed by atoms with Crippen molar-refractivity contribution in [3.8, 4) is 11.8 Å². The highest BCUT2D eigenvalue weighted by molar-refractivity contribution is 7.99. The third-order valence-corrected chi connectivity index (χ3v) is 3.21. The highest BCUT2D eigenvalue weighted by Crippen LogP contribution is 2.16. The number of rotatable bonds is 6. The minimum atomic E-state index is -0.184. The molecular weight excluding hydrogens is 260 g/mol. The molecule has 0 spiro atoms. The number of ether oxygens (including phenoxy) is 1. The van der Waals surface area contributed by atoms with Gasteiger partial charge in [-0.1, -0.05) is 30.0 Å². The van der Waals surface area contributed by atoms with Crippen molar-refractivity contribution >= 4 is 17.7 Å². The Hall–Kier alpha value is -1.44. The zero-order chi connectivity index (χ0) is 13.9. The van der Waals surface area contributed by atoms with E-state index in [-0.39, 0.29) is 12.6 Å². The normalized spacial score (nSPS) is 9.58. The molecule has 1 N–H and O–H groups in total. The molecule has 102 valence electrons. The summed E-state index contributed by atoms with van der Waals surface area (Å²) in [4.78, 5) is 11.2. The molecule has 0 fully saturated rings. The van der Waals surface area contributed by atoms with Crippen LogP contribution in [0.2, 0.25) is 0 Å². The van der Waals surface area contributed by atoms with Gasteiger partial charge in [0.1, 0.15) is 0 Å². The maximum absolute atomic E-state index is 11.2. The molecule has 0 radical (unpaired) electrons. The van der Waals surface area contributed by atoms with Crippen LogP contribution in [0.25, 0.3) is 0 Å². The van der Waals surface area contributed by atoms with E-state index in [4.69, 9.17) is 9.84 Å². The molecule has 0 saturated carbocycles. The largest absolute Gasteiger partial charge is 0.465 e. The van der Waals surface area contributed by atoms with Crippen LogP contribution >= 0.6 is 11.8 Å². The molecule has 1 rings (SSSR count). The van der Waals surface area contributed by atoms with Crippen molar-refractivity contribution in [2.75, 3.05) is 19.0 Å². The third-order valence-electron chi connectivity index (χ3n) is 2.26. The van der Waals surface area contributed by atoms with Gasteiger partial charge in [-0.05, 0) is 18.6 Å². The summed E-state index contributed by atoms with van der Waals surface area (Å²) >= 11 is 1.52. The smallest absolute Gasteiger partial charge is 0.315 e. The van der Waals surface area contributed by atoms with E-state index in [1.54, 1.807) is 6.92 Å². The highest BCUT2D eigenvalue weighted by Gasteiger charge is 2.04. The molecule has 0 aliphatic heterocycles. The second-order valence-corrected chi connectivity index (χ2v) is 4.72. The molecule has 0 aliphatic carbocycles. The molecule has 0 bridgehead atoms. The number of aliphatic hydroxyl groups is 1. The third kappa shape index (κ3) is 6.32. The first kappa shape index (κ1) is 15.6. The second-order valence-electron chi connectivity index (χ2n) is 3.73. The lowest BCUT2D eigenvalue weighted by Crippen LogP contribution is -2.06. The van der Waals surface area contributed by atoms with Crippen molar-refractivity contribution < 1.29 is 14.6 Å². The van der Waals surface area contributed by atoms with Gasteiger partial charge >= 0.3 is 5.97 Å². The topological polar surface area (TPSA) is 46.5 Å². The van der Waals surface area contributed by atoms with Crippen LogP contribution in [0.5, 0.6) is 0 Å². The average Bonchev–Trinajstić information content (AvgIpc) is 2.41. The van der Waals surface area contributed by atoms with Gasteiger partial charge in [-0.25, -0.2) is 0 Å². The van der Waals surface area contributed by atoms with Crippen molar-refractivity contribution in [1.29, 1.82) is 0 Å². The fourth-order valence-electron chi connectivity index (χ4n) is 1.43. The molecule has 19 heavy (non-hydrogen) atoms. The minimum Gasteiger partial charge on any atom is -0.465 e. The van der Waals surface area contributed by atoms with Crippen LogP contribution in [0.3, 0.4) is 0 Å². The van der Waals surface area contributed by atoms with E-state index in [2.05, 4.69) is 11.8 Å². The van der Waals surface area contributed by atoms with Crippen molar-refractivity contribution in [1.82, 2.24) is 0 Å². The molecular formula is C15H18O3S. The Labute approximate surface area is 118 Å². The Morgan fingerprint density at radius 2 is 2.21 bits per heavy atom. The van der Waals surface area contributed by atoms with E-state index in [1.807, 2.05) is 24.3 Å².